The second-order valence-electron chi connectivity index (χ2n) is 4.16. The first-order chi connectivity index (χ1) is 8.01. The number of carbonyl (C=O) groups excluding carboxylic acids is 1. The molecule has 94 valence electrons. The van der Waals surface area contributed by atoms with Crippen molar-refractivity contribution in [1.82, 2.24) is 13.9 Å². The molecule has 0 radical (unpaired) electrons. The van der Waals surface area contributed by atoms with Crippen LogP contribution < -0.4 is 0 Å². The number of hydrogen-bond acceptors (Lipinski definition) is 4. The summed E-state index contributed by atoms with van der Waals surface area (Å²) in [7, 11) is -2.07. The van der Waals surface area contributed by atoms with Crippen LogP contribution in [0.15, 0.2) is 17.6 Å². The van der Waals surface area contributed by atoms with Crippen molar-refractivity contribution >= 4 is 15.9 Å². The third-order valence-electron chi connectivity index (χ3n) is 2.77. The summed E-state index contributed by atoms with van der Waals surface area (Å²) in [6.07, 6.45) is 5.49. The molecule has 0 saturated carbocycles. The van der Waals surface area contributed by atoms with E-state index >= 15 is 0 Å². The predicted octanol–water partition coefficient (Wildman–Crippen LogP) is 0.511. The Bertz CT molecular complexity index is 521. The maximum atomic E-state index is 12.2. The highest BCUT2D eigenvalue weighted by molar-refractivity contribution is 7.89. The van der Waals surface area contributed by atoms with E-state index < -0.39 is 10.0 Å². The van der Waals surface area contributed by atoms with Gasteiger partial charge in [-0.15, -0.1) is 0 Å². The molecular weight excluding hydrogens is 242 g/mol. The molecule has 0 aromatic carbocycles. The number of rotatable bonds is 2. The van der Waals surface area contributed by atoms with Crippen molar-refractivity contribution in [3.63, 3.8) is 0 Å². The number of hydrogen-bond donors (Lipinski definition) is 0. The average Bonchev–Trinajstić information content (AvgIpc) is 2.58. The Morgan fingerprint density at radius 1 is 1.29 bits per heavy atom. The molecule has 1 aromatic rings. The lowest BCUT2D eigenvalue weighted by Gasteiger charge is -2.18. The topological polar surface area (TPSA) is 72.3 Å². The van der Waals surface area contributed by atoms with E-state index in [0.29, 0.717) is 6.42 Å². The van der Waals surface area contributed by atoms with Crippen molar-refractivity contribution in [1.29, 1.82) is 0 Å². The number of sulfonamides is 1. The Morgan fingerprint density at radius 2 is 2.06 bits per heavy atom. The fourth-order valence-corrected chi connectivity index (χ4v) is 3.28. The van der Waals surface area contributed by atoms with Crippen LogP contribution in [0, 0.1) is 0 Å². The maximum absolute atomic E-state index is 12.2. The van der Waals surface area contributed by atoms with Crippen molar-refractivity contribution < 1.29 is 13.2 Å². The van der Waals surface area contributed by atoms with Gasteiger partial charge >= 0.3 is 0 Å². The van der Waals surface area contributed by atoms with Crippen molar-refractivity contribution in [2.45, 2.75) is 30.7 Å². The third-order valence-corrected chi connectivity index (χ3v) is 4.47. The molecule has 0 bridgehead atoms. The molecule has 6 nitrogen and oxygen atoms in total. The smallest absolute Gasteiger partial charge is 0.285 e. The van der Waals surface area contributed by atoms with Crippen LogP contribution in [0.3, 0.4) is 0 Å². The van der Waals surface area contributed by atoms with E-state index in [9.17, 15) is 13.2 Å². The van der Waals surface area contributed by atoms with Crippen LogP contribution in [-0.4, -0.2) is 34.7 Å². The van der Waals surface area contributed by atoms with Crippen LogP contribution in [0.5, 0.6) is 0 Å². The first-order valence-corrected chi connectivity index (χ1v) is 6.99. The first kappa shape index (κ1) is 12.1. The van der Waals surface area contributed by atoms with Crippen molar-refractivity contribution in [2.75, 3.05) is 6.54 Å². The first-order valence-electron chi connectivity index (χ1n) is 5.55. The van der Waals surface area contributed by atoms with Crippen LogP contribution in [0.4, 0.5) is 0 Å². The molecule has 1 fully saturated rings. The number of carbonyl (C=O) groups is 1. The highest BCUT2D eigenvalue weighted by Crippen LogP contribution is 2.19. The van der Waals surface area contributed by atoms with Gasteiger partial charge in [-0.25, -0.2) is 9.29 Å². The van der Waals surface area contributed by atoms with Gasteiger partial charge in [-0.3, -0.25) is 4.79 Å². The normalized spacial score (nSPS) is 18.2. The molecule has 7 heteroatoms. The van der Waals surface area contributed by atoms with Gasteiger partial charge in [0.25, 0.3) is 10.0 Å². The van der Waals surface area contributed by atoms with E-state index in [-0.39, 0.29) is 17.5 Å². The lowest BCUT2D eigenvalue weighted by atomic mass is 10.2. The molecule has 0 spiro atoms. The molecule has 1 aromatic heterocycles. The number of nitrogens with zero attached hydrogens (tertiary/aromatic N) is 3. The Hall–Kier alpha value is -1.37. The molecule has 17 heavy (non-hydrogen) atoms. The summed E-state index contributed by atoms with van der Waals surface area (Å²) in [5, 5.41) is -0.0600. The molecule has 1 saturated heterocycles. The molecule has 0 unspecified atom stereocenters. The fraction of sp³-hybridized carbons (Fsp3) is 0.600. The molecule has 1 aliphatic rings. The summed E-state index contributed by atoms with van der Waals surface area (Å²) >= 11 is 0. The number of amides is 1. The monoisotopic (exact) mass is 257 g/mol. The SMILES string of the molecule is Cn1cnc(S(=O)(=O)N2CCCCCC2=O)c1. The fourth-order valence-electron chi connectivity index (χ4n) is 1.85. The molecule has 2 heterocycles. The molecule has 2 rings (SSSR count). The Kier molecular flexibility index (Phi) is 3.19. The van der Waals surface area contributed by atoms with Gasteiger partial charge in [0.05, 0.1) is 6.33 Å². The summed E-state index contributed by atoms with van der Waals surface area (Å²) in [5.41, 5.74) is 0. The van der Waals surface area contributed by atoms with E-state index in [1.165, 1.54) is 12.5 Å². The van der Waals surface area contributed by atoms with Crippen molar-refractivity contribution in [3.8, 4) is 0 Å². The van der Waals surface area contributed by atoms with Gasteiger partial charge in [-0.1, -0.05) is 6.42 Å². The van der Waals surface area contributed by atoms with E-state index in [1.54, 1.807) is 11.6 Å². The van der Waals surface area contributed by atoms with E-state index in [2.05, 4.69) is 4.98 Å². The standard InChI is InChI=1S/C10H15N3O3S/c1-12-7-9(11-8-12)17(15,16)13-6-4-2-3-5-10(13)14/h7-8H,2-6H2,1H3. The summed E-state index contributed by atoms with van der Waals surface area (Å²) in [5.74, 6) is -0.326. The molecule has 1 aliphatic heterocycles. The minimum Gasteiger partial charge on any atom is -0.339 e. The summed E-state index contributed by atoms with van der Waals surface area (Å²) in [6, 6.07) is 0. The van der Waals surface area contributed by atoms with Crippen LogP contribution in [0.25, 0.3) is 0 Å². The van der Waals surface area contributed by atoms with Crippen molar-refractivity contribution in [3.05, 3.63) is 12.5 Å². The zero-order chi connectivity index (χ0) is 12.5. The quantitative estimate of drug-likeness (QED) is 0.774. The van der Waals surface area contributed by atoms with E-state index in [4.69, 9.17) is 0 Å². The Balaban J connectivity index is 2.34. The summed E-state index contributed by atoms with van der Waals surface area (Å²) < 4.78 is 26.9. The van der Waals surface area contributed by atoms with Gasteiger partial charge in [0.2, 0.25) is 5.91 Å². The van der Waals surface area contributed by atoms with Gasteiger partial charge in [0.15, 0.2) is 5.03 Å². The minimum absolute atomic E-state index is 0.0600. The summed E-state index contributed by atoms with van der Waals surface area (Å²) in [4.78, 5) is 15.6. The van der Waals surface area contributed by atoms with Gasteiger partial charge in [0, 0.05) is 26.2 Å². The molecule has 1 amide bonds. The average molecular weight is 257 g/mol. The predicted molar refractivity (Wildman–Crippen MR) is 60.6 cm³/mol. The molecular formula is C10H15N3O3S. The largest absolute Gasteiger partial charge is 0.339 e. The van der Waals surface area contributed by atoms with Crippen LogP contribution in [0.1, 0.15) is 25.7 Å². The van der Waals surface area contributed by atoms with Crippen LogP contribution >= 0.6 is 0 Å². The highest BCUT2D eigenvalue weighted by atomic mass is 32.2. The Labute approximate surface area is 100 Å². The van der Waals surface area contributed by atoms with Gasteiger partial charge in [0.1, 0.15) is 0 Å². The molecule has 0 atom stereocenters. The highest BCUT2D eigenvalue weighted by Gasteiger charge is 2.31. The van der Waals surface area contributed by atoms with Gasteiger partial charge < -0.3 is 4.57 Å². The second kappa shape index (κ2) is 4.48. The molecule has 0 aliphatic carbocycles. The van der Waals surface area contributed by atoms with Gasteiger partial charge in [-0.05, 0) is 12.8 Å². The van der Waals surface area contributed by atoms with Gasteiger partial charge in [-0.2, -0.15) is 8.42 Å². The summed E-state index contributed by atoms with van der Waals surface area (Å²) in [6.45, 7) is 0.262. The number of imidazole rings is 1. The van der Waals surface area contributed by atoms with E-state index in [0.717, 1.165) is 23.6 Å². The van der Waals surface area contributed by atoms with Crippen LogP contribution in [0.2, 0.25) is 0 Å². The maximum Gasteiger partial charge on any atom is 0.285 e. The molecule has 0 N–H and O–H groups in total. The number of aryl methyl sites for hydroxylation is 1. The minimum atomic E-state index is -3.76. The zero-order valence-electron chi connectivity index (χ0n) is 9.66. The second-order valence-corrected chi connectivity index (χ2v) is 5.97. The van der Waals surface area contributed by atoms with Crippen molar-refractivity contribution in [2.24, 2.45) is 7.05 Å². The third kappa shape index (κ3) is 2.33. The van der Waals surface area contributed by atoms with Crippen LogP contribution in [-0.2, 0) is 21.9 Å². The number of aromatic nitrogens is 2. The zero-order valence-corrected chi connectivity index (χ0v) is 10.5. The van der Waals surface area contributed by atoms with E-state index in [1.807, 2.05) is 0 Å². The lowest BCUT2D eigenvalue weighted by molar-refractivity contribution is -0.126. The Morgan fingerprint density at radius 3 is 2.71 bits per heavy atom. The lowest BCUT2D eigenvalue weighted by Crippen LogP contribution is -2.36.